The summed E-state index contributed by atoms with van der Waals surface area (Å²) in [6.07, 6.45) is 6.20. The van der Waals surface area contributed by atoms with Crippen LogP contribution in [0.3, 0.4) is 0 Å². The number of nitrogens with one attached hydrogen (secondary N) is 3. The molecule has 2 heterocycles. The Morgan fingerprint density at radius 2 is 2.24 bits per heavy atom. The molecule has 7 heteroatoms. The maximum absolute atomic E-state index is 12.3. The molecule has 0 aromatic carbocycles. The number of hydrazine groups is 1. The first-order valence-electron chi connectivity index (χ1n) is 7.56. The van der Waals surface area contributed by atoms with E-state index in [0.717, 1.165) is 12.8 Å². The first-order valence-corrected chi connectivity index (χ1v) is 7.56. The van der Waals surface area contributed by atoms with Crippen LogP contribution in [0.4, 0.5) is 0 Å². The average Bonchev–Trinajstić information content (AvgIpc) is 2.93. The van der Waals surface area contributed by atoms with Crippen molar-refractivity contribution < 1.29 is 4.79 Å². The van der Waals surface area contributed by atoms with Gasteiger partial charge in [-0.25, -0.2) is 10.1 Å². The van der Waals surface area contributed by atoms with Gasteiger partial charge >= 0.3 is 0 Å². The highest BCUT2D eigenvalue weighted by atomic mass is 16.2. The van der Waals surface area contributed by atoms with Gasteiger partial charge in [-0.2, -0.15) is 5.10 Å². The zero-order valence-electron chi connectivity index (χ0n) is 11.9. The highest BCUT2D eigenvalue weighted by Crippen LogP contribution is 2.29. The maximum atomic E-state index is 12.3. The average molecular weight is 291 g/mol. The highest BCUT2D eigenvalue weighted by molar-refractivity contribution is 5.82. The minimum absolute atomic E-state index is 0.000815. The molecule has 1 aliphatic heterocycles. The smallest absolute Gasteiger partial charge is 0.266 e. The van der Waals surface area contributed by atoms with Gasteiger partial charge in [-0.05, 0) is 18.9 Å². The van der Waals surface area contributed by atoms with Crippen molar-refractivity contribution >= 4 is 5.91 Å². The third kappa shape index (κ3) is 3.14. The Labute approximate surface area is 123 Å². The van der Waals surface area contributed by atoms with Gasteiger partial charge in [0.15, 0.2) is 0 Å². The van der Waals surface area contributed by atoms with Crippen molar-refractivity contribution in [1.82, 2.24) is 25.9 Å². The van der Waals surface area contributed by atoms with Crippen LogP contribution in [0.15, 0.2) is 23.1 Å². The molecule has 1 aliphatic carbocycles. The van der Waals surface area contributed by atoms with Gasteiger partial charge in [0.2, 0.25) is 5.91 Å². The molecule has 1 aromatic heterocycles. The zero-order chi connectivity index (χ0) is 14.7. The number of nitrogens with zero attached hydrogens (tertiary/aromatic N) is 2. The van der Waals surface area contributed by atoms with Gasteiger partial charge in [-0.15, -0.1) is 0 Å². The molecule has 2 aliphatic rings. The van der Waals surface area contributed by atoms with Gasteiger partial charge in [0.1, 0.15) is 6.04 Å². The lowest BCUT2D eigenvalue weighted by molar-refractivity contribution is -0.124. The van der Waals surface area contributed by atoms with Gasteiger partial charge in [0, 0.05) is 30.8 Å². The van der Waals surface area contributed by atoms with E-state index in [4.69, 9.17) is 0 Å². The Bertz CT molecular complexity index is 558. The molecule has 3 unspecified atom stereocenters. The summed E-state index contributed by atoms with van der Waals surface area (Å²) in [4.78, 5) is 23.8. The molecule has 3 atom stereocenters. The second-order valence-electron chi connectivity index (χ2n) is 5.70. The van der Waals surface area contributed by atoms with Crippen LogP contribution in [0.25, 0.3) is 0 Å². The Morgan fingerprint density at radius 1 is 1.38 bits per heavy atom. The first-order chi connectivity index (χ1) is 10.3. The number of carbonyl (C=O) groups excluding carboxylic acids is 1. The highest BCUT2D eigenvalue weighted by Gasteiger charge is 2.40. The first kappa shape index (κ1) is 14.2. The molecule has 3 N–H and O–H groups in total. The van der Waals surface area contributed by atoms with E-state index in [1.54, 1.807) is 12.3 Å². The van der Waals surface area contributed by atoms with E-state index in [1.807, 2.05) is 0 Å². The Balaban J connectivity index is 1.50. The summed E-state index contributed by atoms with van der Waals surface area (Å²) in [6, 6.07) is 3.31. The van der Waals surface area contributed by atoms with Crippen molar-refractivity contribution in [1.29, 1.82) is 0 Å². The van der Waals surface area contributed by atoms with Crippen molar-refractivity contribution in [2.24, 2.45) is 5.92 Å². The molecule has 7 nitrogen and oxygen atoms in total. The monoisotopic (exact) mass is 291 g/mol. The van der Waals surface area contributed by atoms with Crippen LogP contribution in [-0.2, 0) is 11.3 Å². The second kappa shape index (κ2) is 6.36. The summed E-state index contributed by atoms with van der Waals surface area (Å²) in [5.74, 6) is 0.372. The lowest BCUT2D eigenvalue weighted by Gasteiger charge is -2.26. The lowest BCUT2D eigenvalue weighted by atomic mass is 9.81. The fourth-order valence-corrected chi connectivity index (χ4v) is 3.25. The fourth-order valence-electron chi connectivity index (χ4n) is 3.25. The van der Waals surface area contributed by atoms with Crippen molar-refractivity contribution in [2.45, 2.75) is 44.3 Å². The van der Waals surface area contributed by atoms with Crippen molar-refractivity contribution in [2.75, 3.05) is 6.54 Å². The second-order valence-corrected chi connectivity index (χ2v) is 5.70. The minimum Gasteiger partial charge on any atom is -0.353 e. The van der Waals surface area contributed by atoms with E-state index in [0.29, 0.717) is 25.0 Å². The number of fused-ring (bicyclic) bond motifs is 1. The molecule has 1 saturated carbocycles. The van der Waals surface area contributed by atoms with E-state index in [2.05, 4.69) is 21.3 Å². The predicted molar refractivity (Wildman–Crippen MR) is 77.3 cm³/mol. The van der Waals surface area contributed by atoms with Crippen LogP contribution in [0, 0.1) is 5.92 Å². The summed E-state index contributed by atoms with van der Waals surface area (Å²) in [5.41, 5.74) is 6.19. The van der Waals surface area contributed by atoms with E-state index in [-0.39, 0.29) is 17.5 Å². The molecule has 0 radical (unpaired) electrons. The summed E-state index contributed by atoms with van der Waals surface area (Å²) in [6.45, 7) is 0.797. The van der Waals surface area contributed by atoms with Crippen molar-refractivity contribution in [3.05, 3.63) is 28.7 Å². The molecule has 1 aromatic rings. The van der Waals surface area contributed by atoms with Gasteiger partial charge in [0.25, 0.3) is 5.56 Å². The quantitative estimate of drug-likeness (QED) is 0.689. The van der Waals surface area contributed by atoms with Crippen LogP contribution in [-0.4, -0.2) is 34.3 Å². The molecule has 1 amide bonds. The van der Waals surface area contributed by atoms with Crippen LogP contribution < -0.4 is 21.7 Å². The van der Waals surface area contributed by atoms with Crippen LogP contribution in [0.1, 0.15) is 25.7 Å². The van der Waals surface area contributed by atoms with Crippen molar-refractivity contribution in [3.63, 3.8) is 0 Å². The fraction of sp³-hybridized carbons (Fsp3) is 0.643. The number of hydrogen-bond donors (Lipinski definition) is 3. The Kier molecular flexibility index (Phi) is 4.31. The molecule has 1 saturated heterocycles. The number of aromatic nitrogens is 2. The minimum atomic E-state index is -0.171. The Morgan fingerprint density at radius 3 is 3.10 bits per heavy atom. The van der Waals surface area contributed by atoms with Crippen LogP contribution >= 0.6 is 0 Å². The largest absolute Gasteiger partial charge is 0.353 e. The summed E-state index contributed by atoms with van der Waals surface area (Å²) in [5, 5.41) is 6.86. The van der Waals surface area contributed by atoms with Gasteiger partial charge < -0.3 is 5.32 Å². The van der Waals surface area contributed by atoms with Crippen molar-refractivity contribution in [3.8, 4) is 0 Å². The number of rotatable bonds is 4. The van der Waals surface area contributed by atoms with E-state index >= 15 is 0 Å². The summed E-state index contributed by atoms with van der Waals surface area (Å²) in [7, 11) is 0. The maximum Gasteiger partial charge on any atom is 0.266 e. The topological polar surface area (TPSA) is 88.0 Å². The summed E-state index contributed by atoms with van der Waals surface area (Å²) >= 11 is 0. The molecule has 0 spiro atoms. The molecular formula is C14H21N5O2. The molecule has 21 heavy (non-hydrogen) atoms. The lowest BCUT2D eigenvalue weighted by Crippen LogP contribution is -2.46. The third-order valence-corrected chi connectivity index (χ3v) is 4.36. The predicted octanol–water partition coefficient (Wildman–Crippen LogP) is -0.605. The van der Waals surface area contributed by atoms with Crippen LogP contribution in [0.2, 0.25) is 0 Å². The number of amides is 1. The van der Waals surface area contributed by atoms with Gasteiger partial charge in [-0.1, -0.05) is 12.8 Å². The summed E-state index contributed by atoms with van der Waals surface area (Å²) < 4.78 is 1.35. The van der Waals surface area contributed by atoms with Gasteiger partial charge in [0.05, 0.1) is 6.54 Å². The number of carbonyl (C=O) groups is 1. The Hall–Kier alpha value is -1.73. The van der Waals surface area contributed by atoms with E-state index < -0.39 is 0 Å². The molecular weight excluding hydrogens is 270 g/mol. The number of hydrogen-bond acceptors (Lipinski definition) is 5. The standard InChI is InChI=1S/C14H21N5O2/c20-12-6-3-7-16-19(12)9-8-15-14(21)13-10-4-1-2-5-11(10)17-18-13/h3,6-7,10-11,13,17-18H,1-2,4-5,8-9H2,(H,15,21). The van der Waals surface area contributed by atoms with Crippen LogP contribution in [0.5, 0.6) is 0 Å². The SMILES string of the molecule is O=C(NCCn1ncccc1=O)C1NNC2CCCCC21. The van der Waals surface area contributed by atoms with E-state index in [1.165, 1.54) is 23.6 Å². The normalized spacial score (nSPS) is 28.1. The molecule has 3 rings (SSSR count). The molecule has 2 fully saturated rings. The van der Waals surface area contributed by atoms with Gasteiger partial charge in [-0.3, -0.25) is 15.0 Å². The zero-order valence-corrected chi connectivity index (χ0v) is 11.9. The third-order valence-electron chi connectivity index (χ3n) is 4.36. The van der Waals surface area contributed by atoms with E-state index in [9.17, 15) is 9.59 Å². The molecule has 0 bridgehead atoms. The molecule has 114 valence electrons.